The Morgan fingerprint density at radius 1 is 0.327 bits per heavy atom. The molecule has 2 heteroatoms. The predicted molar refractivity (Wildman–Crippen MR) is 220 cm³/mol. The first-order valence-corrected chi connectivity index (χ1v) is 17.8. The summed E-state index contributed by atoms with van der Waals surface area (Å²) in [6.07, 6.45) is 0. The summed E-state index contributed by atoms with van der Waals surface area (Å²) < 4.78 is 6.64. The fourth-order valence-corrected chi connectivity index (χ4v) is 7.81. The molecule has 9 aromatic carbocycles. The van der Waals surface area contributed by atoms with Gasteiger partial charge in [0.2, 0.25) is 0 Å². The van der Waals surface area contributed by atoms with Crippen molar-refractivity contribution in [3.63, 3.8) is 0 Å². The van der Waals surface area contributed by atoms with Crippen molar-refractivity contribution in [3.8, 4) is 33.4 Å². The molecule has 10 rings (SSSR count). The van der Waals surface area contributed by atoms with Crippen molar-refractivity contribution in [2.24, 2.45) is 0 Å². The minimum atomic E-state index is 0.871. The van der Waals surface area contributed by atoms with Crippen molar-refractivity contribution in [3.05, 3.63) is 200 Å². The number of benzene rings is 9. The lowest BCUT2D eigenvalue weighted by molar-refractivity contribution is 0.672. The molecule has 0 aliphatic rings. The van der Waals surface area contributed by atoms with E-state index in [2.05, 4.69) is 205 Å². The maximum atomic E-state index is 6.64. The second-order valence-corrected chi connectivity index (χ2v) is 13.3. The van der Waals surface area contributed by atoms with Crippen molar-refractivity contribution >= 4 is 60.5 Å². The molecule has 1 heterocycles. The third-order valence-electron chi connectivity index (χ3n) is 10.3. The van der Waals surface area contributed by atoms with E-state index in [0.29, 0.717) is 0 Å². The second kappa shape index (κ2) is 12.5. The molecule has 52 heavy (non-hydrogen) atoms. The molecule has 0 aliphatic carbocycles. The van der Waals surface area contributed by atoms with Gasteiger partial charge in [-0.25, -0.2) is 0 Å². The van der Waals surface area contributed by atoms with E-state index < -0.39 is 0 Å². The molecule has 2 nitrogen and oxygen atoms in total. The summed E-state index contributed by atoms with van der Waals surface area (Å²) >= 11 is 0. The van der Waals surface area contributed by atoms with Crippen molar-refractivity contribution < 1.29 is 4.42 Å². The fraction of sp³-hybridized carbons (Fsp3) is 0. The highest BCUT2D eigenvalue weighted by Crippen LogP contribution is 2.45. The predicted octanol–water partition coefficient (Wildman–Crippen LogP) is 14.4. The van der Waals surface area contributed by atoms with Crippen LogP contribution in [-0.4, -0.2) is 0 Å². The first-order chi connectivity index (χ1) is 25.8. The van der Waals surface area contributed by atoms with Crippen LogP contribution >= 0.6 is 0 Å². The number of rotatable bonds is 6. The SMILES string of the molecule is c1ccc(-c2ccc(N(c3ccc(-c4cccc5cccc(-c6ccccc6)c45)cc3)c3cccc4oc5c6ccccc6ccc5c34)cc2)cc1. The first-order valence-electron chi connectivity index (χ1n) is 17.8. The van der Waals surface area contributed by atoms with Crippen LogP contribution in [0, 0.1) is 0 Å². The number of anilines is 3. The quantitative estimate of drug-likeness (QED) is 0.176. The van der Waals surface area contributed by atoms with Gasteiger partial charge in [-0.05, 0) is 92.0 Å². The molecule has 0 saturated carbocycles. The Balaban J connectivity index is 1.15. The van der Waals surface area contributed by atoms with Gasteiger partial charge < -0.3 is 9.32 Å². The van der Waals surface area contributed by atoms with Crippen LogP contribution in [0.1, 0.15) is 0 Å². The zero-order chi connectivity index (χ0) is 34.4. The molecule has 1 aromatic heterocycles. The molecule has 0 spiro atoms. The highest BCUT2D eigenvalue weighted by molar-refractivity contribution is 6.19. The first kappa shape index (κ1) is 30.0. The Labute approximate surface area is 302 Å². The summed E-state index contributed by atoms with van der Waals surface area (Å²) in [5, 5.41) is 6.99. The maximum absolute atomic E-state index is 6.64. The topological polar surface area (TPSA) is 16.4 Å². The van der Waals surface area contributed by atoms with E-state index in [4.69, 9.17) is 4.42 Å². The van der Waals surface area contributed by atoms with E-state index in [9.17, 15) is 0 Å². The van der Waals surface area contributed by atoms with Crippen molar-refractivity contribution in [1.29, 1.82) is 0 Å². The van der Waals surface area contributed by atoms with Crippen LogP contribution in [0.4, 0.5) is 17.1 Å². The molecule has 0 radical (unpaired) electrons. The number of nitrogens with zero attached hydrogens (tertiary/aromatic N) is 1. The Bertz CT molecular complexity index is 2870. The molecular formula is C50H33NO. The molecule has 0 atom stereocenters. The third-order valence-corrected chi connectivity index (χ3v) is 10.3. The Morgan fingerprint density at radius 2 is 0.865 bits per heavy atom. The minimum absolute atomic E-state index is 0.871. The molecule has 244 valence electrons. The van der Waals surface area contributed by atoms with E-state index in [1.165, 1.54) is 49.5 Å². The molecule has 0 fully saturated rings. The van der Waals surface area contributed by atoms with Crippen LogP contribution in [0.2, 0.25) is 0 Å². The van der Waals surface area contributed by atoms with Gasteiger partial charge in [0.25, 0.3) is 0 Å². The minimum Gasteiger partial charge on any atom is -0.455 e. The zero-order valence-electron chi connectivity index (χ0n) is 28.4. The van der Waals surface area contributed by atoms with Gasteiger partial charge in [-0.1, -0.05) is 158 Å². The zero-order valence-corrected chi connectivity index (χ0v) is 28.4. The van der Waals surface area contributed by atoms with Crippen LogP contribution in [0.5, 0.6) is 0 Å². The maximum Gasteiger partial charge on any atom is 0.143 e. The molecule has 0 aliphatic heterocycles. The Kier molecular flexibility index (Phi) is 7.18. The van der Waals surface area contributed by atoms with Gasteiger partial charge in [0.15, 0.2) is 0 Å². The third kappa shape index (κ3) is 5.04. The molecule has 10 aromatic rings. The van der Waals surface area contributed by atoms with Crippen LogP contribution in [0.3, 0.4) is 0 Å². The smallest absolute Gasteiger partial charge is 0.143 e. The van der Waals surface area contributed by atoms with E-state index >= 15 is 0 Å². The number of hydrogen-bond donors (Lipinski definition) is 0. The summed E-state index contributed by atoms with van der Waals surface area (Å²) in [7, 11) is 0. The Morgan fingerprint density at radius 3 is 1.56 bits per heavy atom. The fourth-order valence-electron chi connectivity index (χ4n) is 7.81. The highest BCUT2D eigenvalue weighted by Gasteiger charge is 2.21. The molecule has 0 unspecified atom stereocenters. The van der Waals surface area contributed by atoms with Gasteiger partial charge in [0.05, 0.1) is 11.1 Å². The molecule has 0 N–H and O–H groups in total. The highest BCUT2D eigenvalue weighted by atomic mass is 16.3. The van der Waals surface area contributed by atoms with Crippen LogP contribution in [0.15, 0.2) is 205 Å². The number of hydrogen-bond acceptors (Lipinski definition) is 2. The van der Waals surface area contributed by atoms with E-state index in [1.807, 2.05) is 0 Å². The van der Waals surface area contributed by atoms with Gasteiger partial charge in [-0.2, -0.15) is 0 Å². The van der Waals surface area contributed by atoms with Crippen LogP contribution in [-0.2, 0) is 0 Å². The lowest BCUT2D eigenvalue weighted by Crippen LogP contribution is -2.10. The van der Waals surface area contributed by atoms with Crippen LogP contribution in [0.25, 0.3) is 76.9 Å². The summed E-state index contributed by atoms with van der Waals surface area (Å²) in [4.78, 5) is 2.36. The molecule has 0 saturated heterocycles. The largest absolute Gasteiger partial charge is 0.455 e. The van der Waals surface area contributed by atoms with Crippen molar-refractivity contribution in [2.45, 2.75) is 0 Å². The van der Waals surface area contributed by atoms with E-state index in [1.54, 1.807) is 0 Å². The summed E-state index contributed by atoms with van der Waals surface area (Å²) in [5.74, 6) is 0. The second-order valence-electron chi connectivity index (χ2n) is 13.3. The monoisotopic (exact) mass is 663 g/mol. The molecule has 0 bridgehead atoms. The lowest BCUT2D eigenvalue weighted by Gasteiger charge is -2.27. The van der Waals surface area contributed by atoms with E-state index in [0.717, 1.165) is 44.4 Å². The summed E-state index contributed by atoms with van der Waals surface area (Å²) in [6.45, 7) is 0. The number of furan rings is 1. The van der Waals surface area contributed by atoms with Crippen molar-refractivity contribution in [2.75, 3.05) is 4.90 Å². The lowest BCUT2D eigenvalue weighted by atomic mass is 9.91. The van der Waals surface area contributed by atoms with Gasteiger partial charge in [-0.3, -0.25) is 0 Å². The van der Waals surface area contributed by atoms with E-state index in [-0.39, 0.29) is 0 Å². The van der Waals surface area contributed by atoms with Gasteiger partial charge in [-0.15, -0.1) is 0 Å². The van der Waals surface area contributed by atoms with Gasteiger partial charge in [0, 0.05) is 22.1 Å². The van der Waals surface area contributed by atoms with Crippen LogP contribution < -0.4 is 4.90 Å². The average Bonchev–Trinajstić information content (AvgIpc) is 3.62. The summed E-state index contributed by atoms with van der Waals surface area (Å²) in [6, 6.07) is 71.6. The average molecular weight is 664 g/mol. The number of fused-ring (bicyclic) bond motifs is 6. The van der Waals surface area contributed by atoms with Crippen molar-refractivity contribution in [1.82, 2.24) is 0 Å². The summed E-state index contributed by atoms with van der Waals surface area (Å²) in [5.41, 5.74) is 12.2. The van der Waals surface area contributed by atoms with Gasteiger partial charge >= 0.3 is 0 Å². The molecular weight excluding hydrogens is 631 g/mol. The Hall–Kier alpha value is -6.90. The van der Waals surface area contributed by atoms with Gasteiger partial charge in [0.1, 0.15) is 11.2 Å². The standard InChI is InChI=1S/C50H33NO/c1-3-12-34(13-4-1)35-24-29-40(30-25-35)51(46-22-11-23-47-49(46)45-33-28-37-16-7-8-19-44(37)50(45)52-47)41-31-26-38(27-32-41)43-21-10-18-39-17-9-20-42(48(39)43)36-14-5-2-6-15-36/h1-33H. The molecule has 0 amide bonds. The normalized spacial score (nSPS) is 11.5.